The van der Waals surface area contributed by atoms with Gasteiger partial charge in [-0.25, -0.2) is 4.39 Å². The van der Waals surface area contributed by atoms with E-state index >= 15 is 0 Å². The van der Waals surface area contributed by atoms with Gasteiger partial charge in [-0.3, -0.25) is 4.90 Å². The Bertz CT molecular complexity index is 395. The summed E-state index contributed by atoms with van der Waals surface area (Å²) in [5, 5.41) is 0.960. The minimum absolute atomic E-state index is 0.276. The van der Waals surface area contributed by atoms with Gasteiger partial charge in [-0.05, 0) is 30.5 Å². The van der Waals surface area contributed by atoms with E-state index in [-0.39, 0.29) is 5.82 Å². The molecule has 0 bridgehead atoms. The van der Waals surface area contributed by atoms with Crippen molar-refractivity contribution in [1.29, 1.82) is 0 Å². The Balaban J connectivity index is 2.03. The molecule has 18 heavy (non-hydrogen) atoms. The summed E-state index contributed by atoms with van der Waals surface area (Å²) >= 11 is 3.49. The first kappa shape index (κ1) is 13.8. The second-order valence-corrected chi connectivity index (χ2v) is 5.51. The van der Waals surface area contributed by atoms with Crippen molar-refractivity contribution in [2.24, 2.45) is 0 Å². The zero-order chi connectivity index (χ0) is 13.0. The fourth-order valence-corrected chi connectivity index (χ4v) is 2.75. The highest BCUT2D eigenvalue weighted by Crippen LogP contribution is 2.27. The van der Waals surface area contributed by atoms with Crippen LogP contribution in [0.4, 0.5) is 4.39 Å². The van der Waals surface area contributed by atoms with E-state index in [1.54, 1.807) is 12.1 Å². The maximum atomic E-state index is 13.6. The van der Waals surface area contributed by atoms with Crippen LogP contribution < -0.4 is 4.74 Å². The van der Waals surface area contributed by atoms with Crippen LogP contribution in [0.15, 0.2) is 18.2 Å². The van der Waals surface area contributed by atoms with E-state index in [0.29, 0.717) is 11.8 Å². The molecule has 100 valence electrons. The zero-order valence-corrected chi connectivity index (χ0v) is 12.2. The number of rotatable bonds is 6. The zero-order valence-electron chi connectivity index (χ0n) is 10.7. The maximum Gasteiger partial charge on any atom is 0.165 e. The summed E-state index contributed by atoms with van der Waals surface area (Å²) in [5.74, 6) is 0.0387. The van der Waals surface area contributed by atoms with Crippen molar-refractivity contribution in [3.8, 4) is 5.75 Å². The summed E-state index contributed by atoms with van der Waals surface area (Å²) in [4.78, 5) is 2.43. The fraction of sp³-hybridized carbons (Fsp3) is 0.571. The van der Waals surface area contributed by atoms with Gasteiger partial charge in [0, 0.05) is 24.5 Å². The van der Waals surface area contributed by atoms with Crippen molar-refractivity contribution in [2.75, 3.05) is 19.0 Å². The lowest BCUT2D eigenvalue weighted by Gasteiger charge is -2.37. The minimum Gasteiger partial charge on any atom is -0.494 e. The molecule has 0 aliphatic heterocycles. The normalized spacial score (nSPS) is 15.8. The van der Waals surface area contributed by atoms with Gasteiger partial charge in [-0.1, -0.05) is 28.4 Å². The minimum atomic E-state index is -0.276. The molecule has 0 unspecified atom stereocenters. The van der Waals surface area contributed by atoms with Gasteiger partial charge >= 0.3 is 0 Å². The van der Waals surface area contributed by atoms with Crippen LogP contribution in [0.5, 0.6) is 5.75 Å². The van der Waals surface area contributed by atoms with Crippen molar-refractivity contribution in [3.63, 3.8) is 0 Å². The van der Waals surface area contributed by atoms with E-state index in [0.717, 1.165) is 24.0 Å². The van der Waals surface area contributed by atoms with E-state index < -0.39 is 0 Å². The van der Waals surface area contributed by atoms with E-state index in [9.17, 15) is 4.39 Å². The molecule has 0 aromatic heterocycles. The Morgan fingerprint density at radius 3 is 2.72 bits per heavy atom. The monoisotopic (exact) mass is 315 g/mol. The van der Waals surface area contributed by atoms with Crippen molar-refractivity contribution < 1.29 is 9.13 Å². The van der Waals surface area contributed by atoms with Crippen LogP contribution in [0.25, 0.3) is 0 Å². The molecule has 0 N–H and O–H groups in total. The molecular formula is C14H19BrFNO. The highest BCUT2D eigenvalue weighted by molar-refractivity contribution is 9.09. The third kappa shape index (κ3) is 3.23. The third-order valence-electron chi connectivity index (χ3n) is 3.56. The number of nitrogens with zero attached hydrogens (tertiary/aromatic N) is 1. The molecule has 1 aromatic carbocycles. The van der Waals surface area contributed by atoms with E-state index in [1.807, 2.05) is 6.07 Å². The smallest absolute Gasteiger partial charge is 0.165 e. The summed E-state index contributed by atoms with van der Waals surface area (Å²) in [6, 6.07) is 5.91. The molecule has 0 heterocycles. The standard InChI is InChI=1S/C14H19BrFNO/c1-18-14-6-5-11(9-13(14)16)10-17(8-7-15)12-3-2-4-12/h5-6,9,12H,2-4,7-8,10H2,1H3. The summed E-state index contributed by atoms with van der Waals surface area (Å²) in [7, 11) is 1.49. The van der Waals surface area contributed by atoms with Crippen LogP contribution in [0.3, 0.4) is 0 Å². The Morgan fingerprint density at radius 2 is 2.22 bits per heavy atom. The molecule has 2 nitrogen and oxygen atoms in total. The number of ether oxygens (including phenoxy) is 1. The van der Waals surface area contributed by atoms with Crippen LogP contribution >= 0.6 is 15.9 Å². The molecule has 1 aliphatic carbocycles. The van der Waals surface area contributed by atoms with Gasteiger partial charge in [-0.2, -0.15) is 0 Å². The number of hydrogen-bond donors (Lipinski definition) is 0. The molecule has 0 saturated heterocycles. The quantitative estimate of drug-likeness (QED) is 0.744. The molecule has 2 rings (SSSR count). The molecule has 1 aromatic rings. The number of hydrogen-bond acceptors (Lipinski definition) is 2. The van der Waals surface area contributed by atoms with Crippen molar-refractivity contribution in [3.05, 3.63) is 29.6 Å². The number of alkyl halides is 1. The van der Waals surface area contributed by atoms with Crippen LogP contribution in [0, 0.1) is 5.82 Å². The van der Waals surface area contributed by atoms with E-state index in [2.05, 4.69) is 20.8 Å². The maximum absolute atomic E-state index is 13.6. The summed E-state index contributed by atoms with van der Waals surface area (Å²) < 4.78 is 18.6. The molecule has 1 aliphatic rings. The van der Waals surface area contributed by atoms with E-state index in [1.165, 1.54) is 26.4 Å². The highest BCUT2D eigenvalue weighted by Gasteiger charge is 2.24. The lowest BCUT2D eigenvalue weighted by Crippen LogP contribution is -2.40. The Morgan fingerprint density at radius 1 is 1.44 bits per heavy atom. The average molecular weight is 316 g/mol. The number of halogens is 2. The molecule has 0 radical (unpaired) electrons. The molecule has 4 heteroatoms. The predicted molar refractivity (Wildman–Crippen MR) is 74.8 cm³/mol. The van der Waals surface area contributed by atoms with Gasteiger partial charge < -0.3 is 4.74 Å². The van der Waals surface area contributed by atoms with Crippen molar-refractivity contribution in [2.45, 2.75) is 31.8 Å². The van der Waals surface area contributed by atoms with Gasteiger partial charge in [0.05, 0.1) is 7.11 Å². The van der Waals surface area contributed by atoms with Crippen LogP contribution in [-0.4, -0.2) is 29.9 Å². The molecule has 0 spiro atoms. The molecule has 1 fully saturated rings. The average Bonchev–Trinajstić information content (AvgIpc) is 2.27. The topological polar surface area (TPSA) is 12.5 Å². The van der Waals surface area contributed by atoms with Crippen molar-refractivity contribution >= 4 is 15.9 Å². The lowest BCUT2D eigenvalue weighted by atomic mass is 9.91. The highest BCUT2D eigenvalue weighted by atomic mass is 79.9. The summed E-state index contributed by atoms with van der Waals surface area (Å²) in [6.07, 6.45) is 3.86. The van der Waals surface area contributed by atoms with Gasteiger partial charge in [0.25, 0.3) is 0 Å². The third-order valence-corrected chi connectivity index (χ3v) is 3.92. The van der Waals surface area contributed by atoms with Crippen LogP contribution in [0.1, 0.15) is 24.8 Å². The summed E-state index contributed by atoms with van der Waals surface area (Å²) in [6.45, 7) is 1.83. The SMILES string of the molecule is COc1ccc(CN(CCBr)C2CCC2)cc1F. The fourth-order valence-electron chi connectivity index (χ4n) is 2.29. The van der Waals surface area contributed by atoms with E-state index in [4.69, 9.17) is 4.74 Å². The predicted octanol–water partition coefficient (Wildman–Crippen LogP) is 3.58. The Hall–Kier alpha value is -0.610. The first-order valence-corrected chi connectivity index (χ1v) is 7.49. The molecular weight excluding hydrogens is 297 g/mol. The van der Waals surface area contributed by atoms with Crippen molar-refractivity contribution in [1.82, 2.24) is 4.90 Å². The van der Waals surface area contributed by atoms with Gasteiger partial charge in [-0.15, -0.1) is 0 Å². The lowest BCUT2D eigenvalue weighted by molar-refractivity contribution is 0.128. The first-order valence-electron chi connectivity index (χ1n) is 6.37. The number of benzene rings is 1. The summed E-state index contributed by atoms with van der Waals surface area (Å²) in [5.41, 5.74) is 1.01. The van der Waals surface area contributed by atoms with Crippen LogP contribution in [0.2, 0.25) is 0 Å². The van der Waals surface area contributed by atoms with Gasteiger partial charge in [0.1, 0.15) is 0 Å². The first-order chi connectivity index (χ1) is 8.74. The molecule has 0 atom stereocenters. The van der Waals surface area contributed by atoms with Gasteiger partial charge in [0.15, 0.2) is 11.6 Å². The molecule has 1 saturated carbocycles. The Labute approximate surface area is 116 Å². The Kier molecular flexibility index (Phi) is 5.01. The molecule has 0 amide bonds. The second-order valence-electron chi connectivity index (χ2n) is 4.71. The number of methoxy groups -OCH3 is 1. The van der Waals surface area contributed by atoms with Crippen LogP contribution in [-0.2, 0) is 6.54 Å². The van der Waals surface area contributed by atoms with Gasteiger partial charge in [0.2, 0.25) is 0 Å². The largest absolute Gasteiger partial charge is 0.494 e. The second kappa shape index (κ2) is 6.53.